The van der Waals surface area contributed by atoms with Crippen LogP contribution in [0.25, 0.3) is 0 Å². The molecule has 6 heteroatoms. The van der Waals surface area contributed by atoms with E-state index in [-0.39, 0.29) is 11.8 Å². The van der Waals surface area contributed by atoms with E-state index in [9.17, 15) is 9.59 Å². The van der Waals surface area contributed by atoms with Crippen LogP contribution in [0, 0.1) is 5.92 Å². The summed E-state index contributed by atoms with van der Waals surface area (Å²) in [5, 5.41) is 5.30. The van der Waals surface area contributed by atoms with Crippen LogP contribution >= 0.6 is 0 Å². The minimum absolute atomic E-state index is 0.131. The number of ether oxygens (including phenoxy) is 1. The monoisotopic (exact) mass is 265 g/mol. The maximum Gasteiger partial charge on any atom is 0.411 e. The van der Waals surface area contributed by atoms with Crippen molar-refractivity contribution in [1.82, 2.24) is 0 Å². The number of carbonyl (C=O) groups excluding carboxylic acids is 2. The number of rotatable bonds is 5. The van der Waals surface area contributed by atoms with E-state index in [0.29, 0.717) is 24.5 Å². The Morgan fingerprint density at radius 2 is 1.74 bits per heavy atom. The molecule has 1 atom stereocenters. The Morgan fingerprint density at radius 1 is 1.21 bits per heavy atom. The molecule has 0 radical (unpaired) electrons. The summed E-state index contributed by atoms with van der Waals surface area (Å²) in [5.74, 6) is -0.370. The Hall–Kier alpha value is -2.08. The van der Waals surface area contributed by atoms with E-state index in [1.54, 1.807) is 38.1 Å². The lowest BCUT2D eigenvalue weighted by Gasteiger charge is -2.10. The number of nitrogens with one attached hydrogen (secondary N) is 2. The second-order valence-corrected chi connectivity index (χ2v) is 4.05. The molecule has 104 valence electrons. The zero-order chi connectivity index (χ0) is 14.3. The van der Waals surface area contributed by atoms with Gasteiger partial charge in [0, 0.05) is 23.8 Å². The summed E-state index contributed by atoms with van der Waals surface area (Å²) in [7, 11) is 0. The average molecular weight is 265 g/mol. The molecule has 0 saturated heterocycles. The highest BCUT2D eigenvalue weighted by atomic mass is 16.5. The van der Waals surface area contributed by atoms with Crippen molar-refractivity contribution in [3.63, 3.8) is 0 Å². The van der Waals surface area contributed by atoms with E-state index < -0.39 is 6.09 Å². The van der Waals surface area contributed by atoms with Crippen LogP contribution in [0.1, 0.15) is 13.8 Å². The van der Waals surface area contributed by atoms with Gasteiger partial charge in [-0.05, 0) is 31.2 Å². The van der Waals surface area contributed by atoms with E-state index in [2.05, 4.69) is 10.6 Å². The van der Waals surface area contributed by atoms with Gasteiger partial charge in [0.2, 0.25) is 5.91 Å². The number of nitrogens with two attached hydrogens (primary N) is 1. The lowest BCUT2D eigenvalue weighted by atomic mass is 10.1. The maximum absolute atomic E-state index is 11.6. The molecule has 1 unspecified atom stereocenters. The first-order valence-electron chi connectivity index (χ1n) is 6.11. The van der Waals surface area contributed by atoms with Gasteiger partial charge in [0.1, 0.15) is 0 Å². The Kier molecular flexibility index (Phi) is 5.81. The van der Waals surface area contributed by atoms with Gasteiger partial charge in [-0.2, -0.15) is 0 Å². The Morgan fingerprint density at radius 3 is 2.21 bits per heavy atom. The van der Waals surface area contributed by atoms with Crippen LogP contribution in [0.3, 0.4) is 0 Å². The van der Waals surface area contributed by atoms with Crippen molar-refractivity contribution in [2.75, 3.05) is 23.8 Å². The molecule has 0 spiro atoms. The maximum atomic E-state index is 11.6. The zero-order valence-corrected chi connectivity index (χ0v) is 11.1. The van der Waals surface area contributed by atoms with Gasteiger partial charge in [-0.25, -0.2) is 4.79 Å². The van der Waals surface area contributed by atoms with Gasteiger partial charge in [-0.3, -0.25) is 10.1 Å². The minimum Gasteiger partial charge on any atom is -0.450 e. The van der Waals surface area contributed by atoms with Gasteiger partial charge >= 0.3 is 6.09 Å². The smallest absolute Gasteiger partial charge is 0.411 e. The number of benzene rings is 1. The quantitative estimate of drug-likeness (QED) is 0.756. The molecule has 0 bridgehead atoms. The summed E-state index contributed by atoms with van der Waals surface area (Å²) in [5.41, 5.74) is 6.66. The SMILES string of the molecule is CCOC(=O)Nc1ccc(NC(=O)C(C)CN)cc1. The molecular formula is C13H19N3O3. The van der Waals surface area contributed by atoms with Gasteiger partial charge in [0.25, 0.3) is 0 Å². The summed E-state index contributed by atoms with van der Waals surface area (Å²) in [6.45, 7) is 4.11. The number of amides is 2. The van der Waals surface area contributed by atoms with E-state index in [1.807, 2.05) is 0 Å². The second-order valence-electron chi connectivity index (χ2n) is 4.05. The molecule has 19 heavy (non-hydrogen) atoms. The number of anilines is 2. The highest BCUT2D eigenvalue weighted by Crippen LogP contribution is 2.14. The molecule has 6 nitrogen and oxygen atoms in total. The summed E-state index contributed by atoms with van der Waals surface area (Å²) < 4.78 is 4.75. The van der Waals surface area contributed by atoms with Crippen LogP contribution in [-0.2, 0) is 9.53 Å². The molecule has 0 aliphatic heterocycles. The first-order valence-corrected chi connectivity index (χ1v) is 6.11. The fourth-order valence-corrected chi connectivity index (χ4v) is 1.29. The largest absolute Gasteiger partial charge is 0.450 e. The summed E-state index contributed by atoms with van der Waals surface area (Å²) in [6, 6.07) is 6.75. The van der Waals surface area contributed by atoms with Crippen LogP contribution in [0.2, 0.25) is 0 Å². The minimum atomic E-state index is -0.504. The molecule has 2 amide bonds. The van der Waals surface area contributed by atoms with Crippen molar-refractivity contribution >= 4 is 23.4 Å². The third-order valence-electron chi connectivity index (χ3n) is 2.48. The lowest BCUT2D eigenvalue weighted by Crippen LogP contribution is -2.26. The Labute approximate surface area is 112 Å². The summed E-state index contributed by atoms with van der Waals surface area (Å²) in [4.78, 5) is 22.8. The van der Waals surface area contributed by atoms with E-state index in [1.165, 1.54) is 0 Å². The van der Waals surface area contributed by atoms with Gasteiger partial charge in [-0.15, -0.1) is 0 Å². The fourth-order valence-electron chi connectivity index (χ4n) is 1.29. The second kappa shape index (κ2) is 7.38. The average Bonchev–Trinajstić information content (AvgIpc) is 2.40. The molecule has 0 aromatic heterocycles. The van der Waals surface area contributed by atoms with E-state index >= 15 is 0 Å². The molecule has 1 aromatic carbocycles. The van der Waals surface area contributed by atoms with E-state index in [0.717, 1.165) is 0 Å². The molecule has 0 heterocycles. The molecule has 4 N–H and O–H groups in total. The molecule has 0 fully saturated rings. The summed E-state index contributed by atoms with van der Waals surface area (Å²) >= 11 is 0. The molecule has 0 aliphatic carbocycles. The third kappa shape index (κ3) is 4.97. The van der Waals surface area contributed by atoms with Gasteiger partial charge in [-0.1, -0.05) is 6.92 Å². The van der Waals surface area contributed by atoms with E-state index in [4.69, 9.17) is 10.5 Å². The van der Waals surface area contributed by atoms with Crippen molar-refractivity contribution < 1.29 is 14.3 Å². The standard InChI is InChI=1S/C13H19N3O3/c1-3-19-13(18)16-11-6-4-10(5-7-11)15-12(17)9(2)8-14/h4-7,9H,3,8,14H2,1-2H3,(H,15,17)(H,16,18). The predicted octanol–water partition coefficient (Wildman–Crippen LogP) is 1.79. The number of carbonyl (C=O) groups is 2. The summed E-state index contributed by atoms with van der Waals surface area (Å²) in [6.07, 6.45) is -0.504. The Balaban J connectivity index is 2.56. The fraction of sp³-hybridized carbons (Fsp3) is 0.385. The van der Waals surface area contributed by atoms with Crippen molar-refractivity contribution in [3.05, 3.63) is 24.3 Å². The van der Waals surface area contributed by atoms with Crippen molar-refractivity contribution in [2.45, 2.75) is 13.8 Å². The third-order valence-corrected chi connectivity index (χ3v) is 2.48. The molecule has 0 saturated carbocycles. The van der Waals surface area contributed by atoms with Gasteiger partial charge in [0.05, 0.1) is 6.61 Å². The van der Waals surface area contributed by atoms with Crippen molar-refractivity contribution in [3.8, 4) is 0 Å². The van der Waals surface area contributed by atoms with Crippen molar-refractivity contribution in [1.29, 1.82) is 0 Å². The molecule has 1 rings (SSSR count). The number of hydrogen-bond acceptors (Lipinski definition) is 4. The van der Waals surface area contributed by atoms with Crippen LogP contribution < -0.4 is 16.4 Å². The van der Waals surface area contributed by atoms with Gasteiger partial charge < -0.3 is 15.8 Å². The zero-order valence-electron chi connectivity index (χ0n) is 11.1. The molecule has 0 aliphatic rings. The first kappa shape index (κ1) is 15.0. The molecular weight excluding hydrogens is 246 g/mol. The Bertz CT molecular complexity index is 431. The van der Waals surface area contributed by atoms with Gasteiger partial charge in [0.15, 0.2) is 0 Å². The van der Waals surface area contributed by atoms with Crippen molar-refractivity contribution in [2.24, 2.45) is 11.7 Å². The topological polar surface area (TPSA) is 93.5 Å². The predicted molar refractivity (Wildman–Crippen MR) is 73.9 cm³/mol. The van der Waals surface area contributed by atoms with Crippen LogP contribution in [0.15, 0.2) is 24.3 Å². The molecule has 1 aromatic rings. The first-order chi connectivity index (χ1) is 9.06. The lowest BCUT2D eigenvalue weighted by molar-refractivity contribution is -0.119. The van der Waals surface area contributed by atoms with Crippen LogP contribution in [0.4, 0.5) is 16.2 Å². The van der Waals surface area contributed by atoms with Crippen LogP contribution in [0.5, 0.6) is 0 Å². The highest BCUT2D eigenvalue weighted by Gasteiger charge is 2.10. The van der Waals surface area contributed by atoms with Crippen LogP contribution in [-0.4, -0.2) is 25.2 Å². The normalized spacial score (nSPS) is 11.5. The highest BCUT2D eigenvalue weighted by molar-refractivity contribution is 5.93. The number of hydrogen-bond donors (Lipinski definition) is 3.